The van der Waals surface area contributed by atoms with Crippen LogP contribution in [0, 0.1) is 0 Å². The Morgan fingerprint density at radius 2 is 1.39 bits per heavy atom. The first-order valence-electron chi connectivity index (χ1n) is 10.3. The Kier molecular flexibility index (Phi) is 11.8. The van der Waals surface area contributed by atoms with E-state index in [1.165, 1.54) is 31.4 Å². The van der Waals surface area contributed by atoms with Gasteiger partial charge in [0, 0.05) is 0 Å². The van der Waals surface area contributed by atoms with E-state index in [0.717, 1.165) is 0 Å². The van der Waals surface area contributed by atoms with Crippen molar-refractivity contribution >= 4 is 10.4 Å². The van der Waals surface area contributed by atoms with Crippen LogP contribution < -0.4 is 39.0 Å². The third kappa shape index (κ3) is 7.46. The van der Waals surface area contributed by atoms with Crippen LogP contribution in [0.5, 0.6) is 11.5 Å². The van der Waals surface area contributed by atoms with E-state index in [2.05, 4.69) is 4.18 Å². The van der Waals surface area contributed by atoms with E-state index in [-0.39, 0.29) is 35.3 Å². The second kappa shape index (κ2) is 13.4. The van der Waals surface area contributed by atoms with Gasteiger partial charge >= 0.3 is 29.6 Å². The normalized spacial score (nSPS) is 37.1. The summed E-state index contributed by atoms with van der Waals surface area (Å²) in [4.78, 5) is 0. The molecule has 0 aliphatic carbocycles. The maximum Gasteiger partial charge on any atom is 1.00 e. The molecule has 2 heterocycles. The number of aliphatic hydroxyl groups is 6. The second-order valence-electron chi connectivity index (χ2n) is 7.78. The molecule has 0 bridgehead atoms. The summed E-state index contributed by atoms with van der Waals surface area (Å²) in [5.74, 6) is 0.655. The molecule has 2 saturated heterocycles. The van der Waals surface area contributed by atoms with E-state index in [1.54, 1.807) is 0 Å². The predicted octanol–water partition coefficient (Wildman–Crippen LogP) is -6.81. The summed E-state index contributed by atoms with van der Waals surface area (Å²) in [6.07, 6.45) is -17.6. The van der Waals surface area contributed by atoms with E-state index >= 15 is 0 Å². The van der Waals surface area contributed by atoms with Crippen LogP contribution in [-0.2, 0) is 28.8 Å². The third-order valence-corrected chi connectivity index (χ3v) is 5.93. The first kappa shape index (κ1) is 31.5. The van der Waals surface area contributed by atoms with Crippen LogP contribution in [0.1, 0.15) is 0 Å². The summed E-state index contributed by atoms with van der Waals surface area (Å²) in [6, 6.07) is 5.99. The number of ether oxygens (including phenoxy) is 5. The van der Waals surface area contributed by atoms with Crippen LogP contribution in [0.4, 0.5) is 0 Å². The largest absolute Gasteiger partial charge is 1.00 e. The molecule has 15 nitrogen and oxygen atoms in total. The van der Waals surface area contributed by atoms with Gasteiger partial charge in [0.05, 0.1) is 20.3 Å². The second-order valence-corrected chi connectivity index (χ2v) is 8.79. The third-order valence-electron chi connectivity index (χ3n) is 5.47. The quantitative estimate of drug-likeness (QED) is 0.0952. The Labute approximate surface area is 228 Å². The Bertz CT molecular complexity index is 916. The molecule has 0 aromatic heterocycles. The minimum atomic E-state index is -5.42. The Balaban J connectivity index is 0.00000456. The van der Waals surface area contributed by atoms with Crippen molar-refractivity contribution in [2.45, 2.75) is 61.4 Å². The van der Waals surface area contributed by atoms with Gasteiger partial charge in [0.1, 0.15) is 60.3 Å². The van der Waals surface area contributed by atoms with E-state index in [4.69, 9.17) is 23.7 Å². The molecular weight excluding hydrogens is 523 g/mol. The summed E-state index contributed by atoms with van der Waals surface area (Å²) < 4.78 is 65.1. The molecule has 0 spiro atoms. The molecule has 1 aromatic rings. The number of benzene rings is 1. The van der Waals surface area contributed by atoms with Crippen LogP contribution in [0.3, 0.4) is 0 Å². The Morgan fingerprint density at radius 3 is 1.92 bits per heavy atom. The molecular formula is C19H27NaO15S. The molecule has 2 aliphatic heterocycles. The average Bonchev–Trinajstić information content (AvgIpc) is 2.82. The van der Waals surface area contributed by atoms with Crippen molar-refractivity contribution in [2.24, 2.45) is 0 Å². The monoisotopic (exact) mass is 550 g/mol. The van der Waals surface area contributed by atoms with Gasteiger partial charge in [-0.2, -0.15) is 0 Å². The molecule has 2 aliphatic rings. The van der Waals surface area contributed by atoms with Crippen molar-refractivity contribution < 1.29 is 101 Å². The summed E-state index contributed by atoms with van der Waals surface area (Å²) in [5.41, 5.74) is 0. The average molecular weight is 550 g/mol. The molecule has 0 radical (unpaired) electrons. The van der Waals surface area contributed by atoms with Crippen LogP contribution in [0.25, 0.3) is 0 Å². The van der Waals surface area contributed by atoms with Gasteiger partial charge in [0.2, 0.25) is 16.7 Å². The van der Waals surface area contributed by atoms with Crippen molar-refractivity contribution in [3.05, 3.63) is 24.3 Å². The zero-order valence-corrected chi connectivity index (χ0v) is 22.1. The zero-order chi connectivity index (χ0) is 25.9. The first-order chi connectivity index (χ1) is 16.5. The maximum atomic E-state index is 11.3. The molecule has 200 valence electrons. The minimum Gasteiger partial charge on any atom is -0.726 e. The fourth-order valence-electron chi connectivity index (χ4n) is 3.67. The standard InChI is InChI=1S/C19H28O15S.Na/c1-29-8-2-4-9(5-3-8)30-19-15(25)17(16(11(7-21)32-19)34-35(26,27)28)33-18-14(24)13(23)12(22)10(6-20)31-18;/h2-5,10-25H,6-7H2,1H3,(H,26,27,28);/q;+1/p-1/t10-,11-,12+,13+,14-,15-,16+,17-,18+,19-;/m1./s1. The van der Waals surface area contributed by atoms with Gasteiger partial charge in [0.25, 0.3) is 0 Å². The molecule has 0 saturated carbocycles. The zero-order valence-electron chi connectivity index (χ0n) is 19.3. The smallest absolute Gasteiger partial charge is 0.726 e. The van der Waals surface area contributed by atoms with Gasteiger partial charge in [-0.1, -0.05) is 0 Å². The van der Waals surface area contributed by atoms with Crippen molar-refractivity contribution in [3.8, 4) is 11.5 Å². The van der Waals surface area contributed by atoms with Crippen molar-refractivity contribution in [3.63, 3.8) is 0 Å². The van der Waals surface area contributed by atoms with E-state index < -0.39 is 85.0 Å². The molecule has 17 heteroatoms. The van der Waals surface area contributed by atoms with Crippen LogP contribution in [0.2, 0.25) is 0 Å². The topological polar surface area (TPSA) is 234 Å². The Hall–Kier alpha value is -0.670. The van der Waals surface area contributed by atoms with Gasteiger partial charge < -0.3 is 58.9 Å². The number of aliphatic hydroxyl groups excluding tert-OH is 6. The van der Waals surface area contributed by atoms with Crippen LogP contribution >= 0.6 is 0 Å². The SMILES string of the molecule is COc1ccc(O[C@@H]2O[C@H](CO)[C@H](OS(=O)(=O)[O-])[C@H](O[C@@H]3O[C@H](CO)[C@H](O)[C@H](O)[C@H]3O)[C@H]2O)cc1.[Na+]. The van der Waals surface area contributed by atoms with Crippen LogP contribution in [-0.4, -0.2) is 125 Å². The van der Waals surface area contributed by atoms with E-state index in [1.807, 2.05) is 0 Å². The molecule has 2 fully saturated rings. The molecule has 36 heavy (non-hydrogen) atoms. The fourth-order valence-corrected chi connectivity index (χ4v) is 4.17. The molecule has 1 aromatic carbocycles. The summed E-state index contributed by atoms with van der Waals surface area (Å²) >= 11 is 0. The van der Waals surface area contributed by atoms with Gasteiger partial charge in [0.15, 0.2) is 6.29 Å². The predicted molar refractivity (Wildman–Crippen MR) is 109 cm³/mol. The number of hydrogen-bond acceptors (Lipinski definition) is 15. The maximum absolute atomic E-state index is 11.3. The molecule has 10 atom stereocenters. The minimum absolute atomic E-state index is 0. The summed E-state index contributed by atoms with van der Waals surface area (Å²) in [7, 11) is -3.97. The number of methoxy groups -OCH3 is 1. The molecule has 3 rings (SSSR count). The van der Waals surface area contributed by atoms with Gasteiger partial charge in [-0.05, 0) is 24.3 Å². The van der Waals surface area contributed by atoms with Gasteiger partial charge in [-0.25, -0.2) is 8.42 Å². The Morgan fingerprint density at radius 1 is 0.833 bits per heavy atom. The van der Waals surface area contributed by atoms with Gasteiger partial charge in [-0.15, -0.1) is 0 Å². The van der Waals surface area contributed by atoms with Crippen molar-refractivity contribution in [1.29, 1.82) is 0 Å². The molecule has 0 amide bonds. The number of hydrogen-bond donors (Lipinski definition) is 6. The number of rotatable bonds is 9. The first-order valence-corrected chi connectivity index (χ1v) is 11.7. The van der Waals surface area contributed by atoms with Crippen molar-refractivity contribution in [2.75, 3.05) is 20.3 Å². The van der Waals surface area contributed by atoms with Crippen molar-refractivity contribution in [1.82, 2.24) is 0 Å². The van der Waals surface area contributed by atoms with E-state index in [0.29, 0.717) is 5.75 Å². The summed E-state index contributed by atoms with van der Waals surface area (Å²) in [5, 5.41) is 60.2. The fraction of sp³-hybridized carbons (Fsp3) is 0.684. The van der Waals surface area contributed by atoms with Crippen LogP contribution in [0.15, 0.2) is 24.3 Å². The molecule has 6 N–H and O–H groups in total. The molecule has 0 unspecified atom stereocenters. The van der Waals surface area contributed by atoms with Gasteiger partial charge in [-0.3, -0.25) is 4.18 Å². The van der Waals surface area contributed by atoms with E-state index in [9.17, 15) is 43.6 Å². The summed E-state index contributed by atoms with van der Waals surface area (Å²) in [6.45, 7) is -1.71.